The second-order valence-corrected chi connectivity index (χ2v) is 2.99. The van der Waals surface area contributed by atoms with Crippen LogP contribution in [0.5, 0.6) is 0 Å². The Hall–Kier alpha value is -1.70. The third-order valence-electron chi connectivity index (χ3n) is 1.78. The molecule has 0 aromatic carbocycles. The number of aromatic nitrogens is 1. The molecule has 14 heavy (non-hydrogen) atoms. The molecule has 0 fully saturated rings. The number of pyridine rings is 1. The lowest BCUT2D eigenvalue weighted by molar-refractivity contribution is 1.23. The third kappa shape index (κ3) is 2.66. The molecule has 0 spiro atoms. The van der Waals surface area contributed by atoms with Crippen molar-refractivity contribution in [3.8, 4) is 0 Å². The van der Waals surface area contributed by atoms with Gasteiger partial charge in [0.1, 0.15) is 0 Å². The Morgan fingerprint density at radius 2 is 2.29 bits per heavy atom. The molecule has 0 amide bonds. The van der Waals surface area contributed by atoms with Gasteiger partial charge in [0.15, 0.2) is 0 Å². The van der Waals surface area contributed by atoms with Gasteiger partial charge in [-0.25, -0.2) is 0 Å². The predicted octanol–water partition coefficient (Wildman–Crippen LogP) is 3.01. The molecule has 1 heterocycles. The molecule has 2 heteroatoms. The van der Waals surface area contributed by atoms with Gasteiger partial charge in [-0.05, 0) is 32.2 Å². The highest BCUT2D eigenvalue weighted by atomic mass is 14.7. The largest absolute Gasteiger partial charge is 0.272 e. The normalized spacial score (nSPS) is 12.0. The van der Waals surface area contributed by atoms with Gasteiger partial charge in [-0.1, -0.05) is 18.2 Å². The standard InChI is InChI=1S/C12H14N2/c1-4-5-11(9-13-3)12-7-6-10(2)8-14-12/h4-9H,3H2,1-2H3/b5-4-,11-9+. The van der Waals surface area contributed by atoms with E-state index in [1.165, 1.54) is 0 Å². The molecule has 72 valence electrons. The minimum Gasteiger partial charge on any atom is -0.272 e. The highest BCUT2D eigenvalue weighted by molar-refractivity contribution is 5.71. The van der Waals surface area contributed by atoms with E-state index < -0.39 is 0 Å². The number of rotatable bonds is 3. The molecule has 0 saturated heterocycles. The zero-order valence-electron chi connectivity index (χ0n) is 8.57. The predicted molar refractivity (Wildman–Crippen MR) is 61.3 cm³/mol. The van der Waals surface area contributed by atoms with Crippen molar-refractivity contribution in [3.05, 3.63) is 47.9 Å². The molecule has 2 nitrogen and oxygen atoms in total. The molecule has 0 unspecified atom stereocenters. The van der Waals surface area contributed by atoms with Crippen LogP contribution in [-0.2, 0) is 0 Å². The van der Waals surface area contributed by atoms with Crippen LogP contribution < -0.4 is 0 Å². The van der Waals surface area contributed by atoms with Gasteiger partial charge in [0.25, 0.3) is 0 Å². The zero-order chi connectivity index (χ0) is 10.4. The number of hydrogen-bond acceptors (Lipinski definition) is 2. The Balaban J connectivity index is 3.05. The quantitative estimate of drug-likeness (QED) is 0.526. The lowest BCUT2D eigenvalue weighted by Crippen LogP contribution is -1.86. The summed E-state index contributed by atoms with van der Waals surface area (Å²) >= 11 is 0. The summed E-state index contributed by atoms with van der Waals surface area (Å²) in [7, 11) is 0. The van der Waals surface area contributed by atoms with E-state index in [1.54, 1.807) is 6.20 Å². The molecule has 1 rings (SSSR count). The van der Waals surface area contributed by atoms with Gasteiger partial charge in [0.05, 0.1) is 5.69 Å². The number of hydrogen-bond donors (Lipinski definition) is 0. The van der Waals surface area contributed by atoms with Crippen LogP contribution in [0, 0.1) is 6.92 Å². The average molecular weight is 186 g/mol. The maximum absolute atomic E-state index is 4.31. The molecule has 0 radical (unpaired) electrons. The van der Waals surface area contributed by atoms with E-state index in [4.69, 9.17) is 0 Å². The van der Waals surface area contributed by atoms with E-state index in [2.05, 4.69) is 16.7 Å². The van der Waals surface area contributed by atoms with E-state index in [-0.39, 0.29) is 0 Å². The fraction of sp³-hybridized carbons (Fsp3) is 0.167. The molecule has 0 N–H and O–H groups in total. The van der Waals surface area contributed by atoms with Crippen molar-refractivity contribution in [2.45, 2.75) is 13.8 Å². The first-order valence-electron chi connectivity index (χ1n) is 4.49. The van der Waals surface area contributed by atoms with Gasteiger partial charge in [-0.2, -0.15) is 0 Å². The smallest absolute Gasteiger partial charge is 0.0717 e. The third-order valence-corrected chi connectivity index (χ3v) is 1.78. The maximum atomic E-state index is 4.31. The van der Waals surface area contributed by atoms with Crippen LogP contribution in [0.3, 0.4) is 0 Å². The van der Waals surface area contributed by atoms with E-state index in [1.807, 2.05) is 44.3 Å². The highest BCUT2D eigenvalue weighted by Gasteiger charge is 1.97. The van der Waals surface area contributed by atoms with Crippen LogP contribution in [-0.4, -0.2) is 11.7 Å². The Kier molecular flexibility index (Phi) is 3.80. The molecule has 1 aromatic heterocycles. The fourth-order valence-electron chi connectivity index (χ4n) is 1.11. The van der Waals surface area contributed by atoms with Crippen LogP contribution in [0.1, 0.15) is 18.2 Å². The Labute approximate surface area is 84.7 Å². The second-order valence-electron chi connectivity index (χ2n) is 2.99. The average Bonchev–Trinajstić information content (AvgIpc) is 2.19. The molecule has 0 aliphatic carbocycles. The van der Waals surface area contributed by atoms with Crippen molar-refractivity contribution >= 4 is 12.3 Å². The Morgan fingerprint density at radius 1 is 1.50 bits per heavy atom. The second kappa shape index (κ2) is 5.12. The van der Waals surface area contributed by atoms with E-state index in [0.29, 0.717) is 0 Å². The molecule has 1 aromatic rings. The zero-order valence-corrected chi connectivity index (χ0v) is 8.57. The molecule has 0 bridgehead atoms. The minimum atomic E-state index is 0.918. The summed E-state index contributed by atoms with van der Waals surface area (Å²) in [6.07, 6.45) is 7.47. The fourth-order valence-corrected chi connectivity index (χ4v) is 1.11. The number of aliphatic imine (C=N–C) groups is 1. The molecule has 0 atom stereocenters. The van der Waals surface area contributed by atoms with Crippen LogP contribution in [0.2, 0.25) is 0 Å². The van der Waals surface area contributed by atoms with Gasteiger partial charge >= 0.3 is 0 Å². The first kappa shape index (κ1) is 10.4. The minimum absolute atomic E-state index is 0.918. The van der Waals surface area contributed by atoms with Gasteiger partial charge in [-0.3, -0.25) is 9.98 Å². The number of aryl methyl sites for hydroxylation is 1. The van der Waals surface area contributed by atoms with Crippen molar-refractivity contribution < 1.29 is 0 Å². The SMILES string of the molecule is C=N/C=C(\C=C/C)c1ccc(C)cn1. The van der Waals surface area contributed by atoms with Crippen LogP contribution in [0.4, 0.5) is 0 Å². The van der Waals surface area contributed by atoms with Crippen LogP contribution in [0.25, 0.3) is 5.57 Å². The highest BCUT2D eigenvalue weighted by Crippen LogP contribution is 2.13. The van der Waals surface area contributed by atoms with Crippen molar-refractivity contribution in [2.75, 3.05) is 0 Å². The summed E-state index contributed by atoms with van der Waals surface area (Å²) in [5.74, 6) is 0. The van der Waals surface area contributed by atoms with Gasteiger partial charge in [-0.15, -0.1) is 0 Å². The number of nitrogens with zero attached hydrogens (tertiary/aromatic N) is 2. The van der Waals surface area contributed by atoms with Crippen molar-refractivity contribution in [1.29, 1.82) is 0 Å². The first-order valence-corrected chi connectivity index (χ1v) is 4.49. The van der Waals surface area contributed by atoms with Gasteiger partial charge in [0.2, 0.25) is 0 Å². The summed E-state index contributed by atoms with van der Waals surface area (Å²) in [6, 6.07) is 4.01. The summed E-state index contributed by atoms with van der Waals surface area (Å²) in [5.41, 5.74) is 3.05. The van der Waals surface area contributed by atoms with Crippen molar-refractivity contribution in [2.24, 2.45) is 4.99 Å². The molecule has 0 aliphatic rings. The molecular formula is C12H14N2. The Morgan fingerprint density at radius 3 is 2.79 bits per heavy atom. The van der Waals surface area contributed by atoms with Crippen molar-refractivity contribution in [1.82, 2.24) is 4.98 Å². The summed E-state index contributed by atoms with van der Waals surface area (Å²) in [5, 5.41) is 0. The maximum Gasteiger partial charge on any atom is 0.0717 e. The summed E-state index contributed by atoms with van der Waals surface area (Å²) < 4.78 is 0. The summed E-state index contributed by atoms with van der Waals surface area (Å²) in [6.45, 7) is 7.42. The van der Waals surface area contributed by atoms with E-state index in [0.717, 1.165) is 16.8 Å². The Bertz CT molecular complexity index is 358. The van der Waals surface area contributed by atoms with E-state index >= 15 is 0 Å². The molecule has 0 saturated carbocycles. The van der Waals surface area contributed by atoms with Gasteiger partial charge in [0, 0.05) is 18.0 Å². The van der Waals surface area contributed by atoms with Crippen molar-refractivity contribution in [3.63, 3.8) is 0 Å². The van der Waals surface area contributed by atoms with Gasteiger partial charge < -0.3 is 0 Å². The van der Waals surface area contributed by atoms with E-state index in [9.17, 15) is 0 Å². The van der Waals surface area contributed by atoms with Crippen LogP contribution in [0.15, 0.2) is 41.7 Å². The molecular weight excluding hydrogens is 172 g/mol. The summed E-state index contributed by atoms with van der Waals surface area (Å²) in [4.78, 5) is 8.06. The number of allylic oxidation sites excluding steroid dienone is 3. The van der Waals surface area contributed by atoms with Crippen LogP contribution >= 0.6 is 0 Å². The molecule has 0 aliphatic heterocycles. The monoisotopic (exact) mass is 186 g/mol. The topological polar surface area (TPSA) is 25.2 Å². The lowest BCUT2D eigenvalue weighted by atomic mass is 10.1. The lowest BCUT2D eigenvalue weighted by Gasteiger charge is -2.00. The first-order chi connectivity index (χ1) is 6.77.